The summed E-state index contributed by atoms with van der Waals surface area (Å²) in [6.45, 7) is 9.38. The van der Waals surface area contributed by atoms with E-state index in [1.165, 1.54) is 47.8 Å². The first kappa shape index (κ1) is 49.2. The van der Waals surface area contributed by atoms with E-state index in [1.54, 1.807) is 0 Å². The van der Waals surface area contributed by atoms with Gasteiger partial charge in [-0.25, -0.2) is 0 Å². The van der Waals surface area contributed by atoms with Gasteiger partial charge in [0.05, 0.1) is 22.7 Å². The molecular weight excluding hydrogens is 1080 g/mol. The summed E-state index contributed by atoms with van der Waals surface area (Å²) in [4.78, 5) is 5.21. The summed E-state index contributed by atoms with van der Waals surface area (Å²) in [5.74, 6) is 0. The summed E-state index contributed by atoms with van der Waals surface area (Å²) in [5, 5.41) is 8.83. The number of thiophene rings is 1. The fourth-order valence-corrected chi connectivity index (χ4v) is 17.3. The molecule has 3 aliphatic rings. The fraction of sp³-hybridized carbons (Fsp3) is 0.100. The van der Waals surface area contributed by atoms with Crippen LogP contribution >= 0.6 is 11.3 Å². The highest BCUT2D eigenvalue weighted by Gasteiger charge is 2.51. The standard InChI is InChI=1S/C80H55BN2O3S/c1-79(2)42-43-80(3,4)69-51(34-23-35-56(69)79)48-44-59-70-60(45-48)83(58-37-18-12-29-50(58)47-26-9-6-10-27-47)74-72(78-68(55-33-16-22-41-64(55)87-78)67-54-32-15-21-40-63(54)86-77(67)74)81(70)71-73(82(59)57-36-17-11-28-49(57)46-24-7-5-8-25-46)76-66(53-31-14-20-39-62(53)85-76)65-52-30-13-19-38-61(52)84-75(65)71/h5-41,44-45H,42-43H2,1-4H3. The minimum Gasteiger partial charge on any atom is -0.456 e. The highest BCUT2D eigenvalue weighted by atomic mass is 32.1. The molecule has 412 valence electrons. The Kier molecular flexibility index (Phi) is 10.0. The number of benzene rings is 12. The normalized spacial score (nSPS) is 14.9. The summed E-state index contributed by atoms with van der Waals surface area (Å²) in [6.07, 6.45) is 2.18. The van der Waals surface area contributed by atoms with Crippen LogP contribution in [-0.4, -0.2) is 6.71 Å². The molecule has 0 atom stereocenters. The van der Waals surface area contributed by atoms with E-state index in [-0.39, 0.29) is 10.8 Å². The Bertz CT molecular complexity index is 5320. The molecule has 4 aromatic heterocycles. The van der Waals surface area contributed by atoms with E-state index in [4.69, 9.17) is 13.3 Å². The van der Waals surface area contributed by atoms with Crippen LogP contribution < -0.4 is 26.2 Å². The molecule has 0 saturated heterocycles. The van der Waals surface area contributed by atoms with Gasteiger partial charge in [-0.1, -0.05) is 216 Å². The lowest BCUT2D eigenvalue weighted by Gasteiger charge is -2.45. The Balaban J connectivity index is 1.09. The van der Waals surface area contributed by atoms with E-state index in [0.717, 1.165) is 146 Å². The van der Waals surface area contributed by atoms with Crippen LogP contribution in [0.2, 0.25) is 0 Å². The van der Waals surface area contributed by atoms with Gasteiger partial charge < -0.3 is 23.1 Å². The number of furan rings is 3. The number of hydrogen-bond acceptors (Lipinski definition) is 6. The third-order valence-electron chi connectivity index (χ3n) is 19.9. The smallest absolute Gasteiger partial charge is 0.259 e. The highest BCUT2D eigenvalue weighted by Crippen LogP contribution is 2.58. The van der Waals surface area contributed by atoms with E-state index in [1.807, 2.05) is 11.3 Å². The molecule has 0 fully saturated rings. The predicted molar refractivity (Wildman–Crippen MR) is 367 cm³/mol. The van der Waals surface area contributed by atoms with Crippen molar-refractivity contribution in [3.8, 4) is 33.4 Å². The second kappa shape index (κ2) is 17.8. The van der Waals surface area contributed by atoms with Crippen LogP contribution in [0.5, 0.6) is 0 Å². The maximum absolute atomic E-state index is 7.69. The van der Waals surface area contributed by atoms with E-state index in [2.05, 4.69) is 274 Å². The molecule has 6 heterocycles. The van der Waals surface area contributed by atoms with Crippen molar-refractivity contribution in [1.29, 1.82) is 0 Å². The summed E-state index contributed by atoms with van der Waals surface area (Å²) >= 11 is 1.89. The van der Waals surface area contributed by atoms with Crippen LogP contribution in [0.4, 0.5) is 34.1 Å². The summed E-state index contributed by atoms with van der Waals surface area (Å²) < 4.78 is 25.5. The van der Waals surface area contributed by atoms with Gasteiger partial charge in [-0.15, -0.1) is 11.3 Å². The first-order chi connectivity index (χ1) is 42.7. The molecular formula is C80H55BN2O3S. The van der Waals surface area contributed by atoms with Crippen molar-refractivity contribution in [3.63, 3.8) is 0 Å². The molecule has 19 rings (SSSR count). The Morgan fingerprint density at radius 2 is 0.816 bits per heavy atom. The Labute approximate surface area is 507 Å². The molecule has 2 aliphatic heterocycles. The average Bonchev–Trinajstić information content (AvgIpc) is 1.66. The zero-order chi connectivity index (χ0) is 57.6. The first-order valence-corrected chi connectivity index (χ1v) is 31.3. The maximum atomic E-state index is 7.69. The predicted octanol–water partition coefficient (Wildman–Crippen LogP) is 21.2. The van der Waals surface area contributed by atoms with Gasteiger partial charge in [0, 0.05) is 80.5 Å². The minimum atomic E-state index is -0.428. The Hall–Kier alpha value is -10.1. The lowest BCUT2D eigenvalue weighted by Crippen LogP contribution is -2.61. The number of fused-ring (bicyclic) bond motifs is 23. The van der Waals surface area contributed by atoms with Crippen LogP contribution in [0.3, 0.4) is 0 Å². The third-order valence-corrected chi connectivity index (χ3v) is 21.1. The molecule has 0 spiro atoms. The van der Waals surface area contributed by atoms with Gasteiger partial charge in [-0.05, 0) is 117 Å². The van der Waals surface area contributed by atoms with Crippen LogP contribution in [0.1, 0.15) is 51.7 Å². The van der Waals surface area contributed by atoms with Crippen molar-refractivity contribution in [3.05, 3.63) is 248 Å². The van der Waals surface area contributed by atoms with Crippen LogP contribution in [0.25, 0.3) is 119 Å². The molecule has 1 aliphatic carbocycles. The molecule has 0 radical (unpaired) electrons. The van der Waals surface area contributed by atoms with Crippen molar-refractivity contribution in [2.45, 2.75) is 51.4 Å². The molecule has 0 unspecified atom stereocenters. The zero-order valence-electron chi connectivity index (χ0n) is 48.5. The largest absolute Gasteiger partial charge is 0.456 e. The van der Waals surface area contributed by atoms with Crippen molar-refractivity contribution >= 4 is 155 Å². The second-order valence-electron chi connectivity index (χ2n) is 25.5. The average molecular weight is 1140 g/mol. The summed E-state index contributed by atoms with van der Waals surface area (Å²) in [6, 6.07) is 86.9. The monoisotopic (exact) mass is 1130 g/mol. The van der Waals surface area contributed by atoms with Gasteiger partial charge in [0.15, 0.2) is 11.2 Å². The molecule has 16 aromatic rings. The van der Waals surface area contributed by atoms with Crippen LogP contribution in [0, 0.1) is 0 Å². The first-order valence-electron chi connectivity index (χ1n) is 30.5. The minimum absolute atomic E-state index is 0.0268. The molecule has 87 heavy (non-hydrogen) atoms. The lowest BCUT2D eigenvalue weighted by atomic mass is 9.33. The number of rotatable bonds is 5. The van der Waals surface area contributed by atoms with E-state index >= 15 is 0 Å². The molecule has 0 saturated carbocycles. The molecule has 7 heteroatoms. The lowest BCUT2D eigenvalue weighted by molar-refractivity contribution is 0.333. The fourth-order valence-electron chi connectivity index (χ4n) is 16.0. The molecule has 0 bridgehead atoms. The van der Waals surface area contributed by atoms with Crippen LogP contribution in [0.15, 0.2) is 250 Å². The summed E-state index contributed by atoms with van der Waals surface area (Å²) in [5.41, 5.74) is 24.3. The molecule has 5 nitrogen and oxygen atoms in total. The third kappa shape index (κ3) is 6.70. The van der Waals surface area contributed by atoms with Gasteiger partial charge in [-0.3, -0.25) is 0 Å². The van der Waals surface area contributed by atoms with E-state index in [9.17, 15) is 0 Å². The maximum Gasteiger partial charge on any atom is 0.259 e. The number of anilines is 6. The molecule has 12 aromatic carbocycles. The quantitative estimate of drug-likeness (QED) is 0.161. The van der Waals surface area contributed by atoms with E-state index < -0.39 is 6.71 Å². The number of para-hydroxylation sites is 5. The van der Waals surface area contributed by atoms with Crippen molar-refractivity contribution in [1.82, 2.24) is 0 Å². The Morgan fingerprint density at radius 1 is 0.368 bits per heavy atom. The van der Waals surface area contributed by atoms with Gasteiger partial charge in [0.1, 0.15) is 22.3 Å². The van der Waals surface area contributed by atoms with Crippen molar-refractivity contribution in [2.24, 2.45) is 0 Å². The Morgan fingerprint density at radius 3 is 1.40 bits per heavy atom. The second-order valence-corrected chi connectivity index (χ2v) is 26.6. The summed E-state index contributed by atoms with van der Waals surface area (Å²) in [7, 11) is 0. The molecule has 0 N–H and O–H groups in total. The molecule has 0 amide bonds. The SMILES string of the molecule is CC1(C)CCC(C)(C)c2c(-c3cc4c5c(c3)N(c3ccccc3-c3ccccc3)c3c(c6sc7ccccc7c6c6c3oc3ccccc36)B5c3c(c5oc6ccccc6c5c5c3oc3ccccc35)N4c3ccccc3-c3ccccc3)cccc21. The van der Waals surface area contributed by atoms with Crippen molar-refractivity contribution in [2.75, 3.05) is 9.80 Å². The highest BCUT2D eigenvalue weighted by molar-refractivity contribution is 7.28. The van der Waals surface area contributed by atoms with Gasteiger partial charge in [0.25, 0.3) is 6.71 Å². The zero-order valence-corrected chi connectivity index (χ0v) is 49.4. The number of nitrogens with zero attached hydrogens (tertiary/aromatic N) is 2. The number of hydrogen-bond donors (Lipinski definition) is 0. The van der Waals surface area contributed by atoms with Crippen molar-refractivity contribution < 1.29 is 13.3 Å². The van der Waals surface area contributed by atoms with Gasteiger partial charge in [0.2, 0.25) is 0 Å². The van der Waals surface area contributed by atoms with Gasteiger partial charge in [-0.2, -0.15) is 0 Å². The van der Waals surface area contributed by atoms with Crippen LogP contribution in [-0.2, 0) is 10.8 Å². The van der Waals surface area contributed by atoms with Gasteiger partial charge >= 0.3 is 0 Å². The topological polar surface area (TPSA) is 45.9 Å². The van der Waals surface area contributed by atoms with E-state index in [0.29, 0.717) is 0 Å².